The lowest BCUT2D eigenvalue weighted by Crippen LogP contribution is -2.27. The fourth-order valence-electron chi connectivity index (χ4n) is 6.75. The number of H-pyrrole nitrogens is 1. The van der Waals surface area contributed by atoms with Crippen molar-refractivity contribution in [1.29, 1.82) is 0 Å². The van der Waals surface area contributed by atoms with E-state index in [2.05, 4.69) is 37.1 Å². The van der Waals surface area contributed by atoms with Crippen molar-refractivity contribution in [3.8, 4) is 11.1 Å². The number of aryl methyl sites for hydroxylation is 1. The molecule has 0 amide bonds. The summed E-state index contributed by atoms with van der Waals surface area (Å²) >= 11 is 0. The van der Waals surface area contributed by atoms with Crippen molar-refractivity contribution in [2.24, 2.45) is 18.9 Å². The molecule has 0 saturated carbocycles. The maximum absolute atomic E-state index is 15.6. The van der Waals surface area contributed by atoms with Gasteiger partial charge in [0.2, 0.25) is 5.43 Å². The van der Waals surface area contributed by atoms with Crippen molar-refractivity contribution in [2.45, 2.75) is 0 Å². The summed E-state index contributed by atoms with van der Waals surface area (Å²) in [7, 11) is 5.37. The SMILES string of the molecule is CNc1cc(F)c(F)c2c1[nH]c1ncc(-c3cnc4c(c3)c(=O)c(C(=O)O)cn4C)c(N3CC4CN(C)CC4C3)c12. The van der Waals surface area contributed by atoms with E-state index in [9.17, 15) is 19.1 Å². The third kappa shape index (κ3) is 3.70. The lowest BCUT2D eigenvalue weighted by atomic mass is 10.0. The van der Waals surface area contributed by atoms with Crippen molar-refractivity contribution >= 4 is 50.3 Å². The minimum absolute atomic E-state index is 0.0979. The molecule has 7 rings (SSSR count). The summed E-state index contributed by atoms with van der Waals surface area (Å²) in [6.07, 6.45) is 4.50. The zero-order valence-corrected chi connectivity index (χ0v) is 22.6. The number of aromatic nitrogens is 4. The van der Waals surface area contributed by atoms with E-state index in [1.807, 2.05) is 0 Å². The summed E-state index contributed by atoms with van der Waals surface area (Å²) < 4.78 is 32.0. The zero-order chi connectivity index (χ0) is 28.7. The minimum Gasteiger partial charge on any atom is -0.477 e. The Balaban J connectivity index is 1.54. The predicted octanol–water partition coefficient (Wildman–Crippen LogP) is 3.65. The Labute approximate surface area is 232 Å². The molecule has 10 nitrogen and oxygen atoms in total. The van der Waals surface area contributed by atoms with E-state index in [0.29, 0.717) is 56.5 Å². The van der Waals surface area contributed by atoms with Crippen LogP contribution in [0.2, 0.25) is 0 Å². The maximum Gasteiger partial charge on any atom is 0.341 e. The molecule has 0 bridgehead atoms. The summed E-state index contributed by atoms with van der Waals surface area (Å²) in [5.74, 6) is -2.45. The van der Waals surface area contributed by atoms with Gasteiger partial charge in [-0.3, -0.25) is 4.79 Å². The second-order valence-corrected chi connectivity index (χ2v) is 11.1. The van der Waals surface area contributed by atoms with Crippen LogP contribution in [-0.4, -0.2) is 75.8 Å². The molecule has 1 aromatic carbocycles. The number of likely N-dealkylation sites (tertiary alicyclic amines) is 1. The van der Waals surface area contributed by atoms with Gasteiger partial charge in [0.15, 0.2) is 11.6 Å². The van der Waals surface area contributed by atoms with Crippen molar-refractivity contribution in [2.75, 3.05) is 50.5 Å². The Morgan fingerprint density at radius 2 is 1.80 bits per heavy atom. The maximum atomic E-state index is 15.6. The number of carboxylic acids is 1. The molecule has 5 aromatic rings. The van der Waals surface area contributed by atoms with Crippen LogP contribution in [0.1, 0.15) is 10.4 Å². The summed E-state index contributed by atoms with van der Waals surface area (Å²) in [5.41, 5.74) is 2.34. The Bertz CT molecular complexity index is 1970. The molecule has 0 aliphatic carbocycles. The summed E-state index contributed by atoms with van der Waals surface area (Å²) in [4.78, 5) is 41.7. The van der Waals surface area contributed by atoms with Crippen LogP contribution in [0.3, 0.4) is 0 Å². The molecule has 2 fully saturated rings. The standard InChI is InChI=1S/C29H27F2N7O3/c1-32-20-5-19(30)23(31)21-22-25(38-10-14-8-36(2)9-15(14)11-38)17(7-33-27(22)35-24(20)21)13-4-16-26(39)18(29(40)41)12-37(3)28(16)34-6-13/h4-7,12,14-15,32H,8-11H2,1-3H3,(H,33,35)(H,40,41). The fourth-order valence-corrected chi connectivity index (χ4v) is 6.75. The second-order valence-electron chi connectivity index (χ2n) is 11.1. The number of hydrogen-bond acceptors (Lipinski definition) is 7. The molecule has 3 N–H and O–H groups in total. The summed E-state index contributed by atoms with van der Waals surface area (Å²) in [6.45, 7) is 3.32. The number of nitrogens with zero attached hydrogens (tertiary/aromatic N) is 5. The number of anilines is 2. The van der Waals surface area contributed by atoms with Gasteiger partial charge in [-0.1, -0.05) is 0 Å². The van der Waals surface area contributed by atoms with Gasteiger partial charge >= 0.3 is 5.97 Å². The lowest BCUT2D eigenvalue weighted by Gasteiger charge is -2.25. The predicted molar refractivity (Wildman–Crippen MR) is 153 cm³/mol. The van der Waals surface area contributed by atoms with Gasteiger partial charge in [-0.25, -0.2) is 23.5 Å². The van der Waals surface area contributed by atoms with E-state index in [0.717, 1.165) is 32.2 Å². The first-order valence-corrected chi connectivity index (χ1v) is 13.3. The molecule has 12 heteroatoms. The van der Waals surface area contributed by atoms with Gasteiger partial charge in [0.25, 0.3) is 0 Å². The number of pyridine rings is 3. The lowest BCUT2D eigenvalue weighted by molar-refractivity contribution is 0.0695. The summed E-state index contributed by atoms with van der Waals surface area (Å²) in [5, 5.41) is 13.2. The fraction of sp³-hybridized carbons (Fsp3) is 0.310. The highest BCUT2D eigenvalue weighted by atomic mass is 19.2. The van der Waals surface area contributed by atoms with E-state index in [4.69, 9.17) is 0 Å². The molecule has 210 valence electrons. The molecule has 4 aromatic heterocycles. The number of nitrogens with one attached hydrogen (secondary N) is 2. The smallest absolute Gasteiger partial charge is 0.341 e. The van der Waals surface area contributed by atoms with Crippen molar-refractivity contribution in [3.05, 3.63) is 58.1 Å². The first-order chi connectivity index (χ1) is 19.7. The normalized spacial score (nSPS) is 19.1. The number of fused-ring (bicyclic) bond motifs is 5. The molecule has 0 spiro atoms. The van der Waals surface area contributed by atoms with Crippen LogP contribution in [0.4, 0.5) is 20.2 Å². The van der Waals surface area contributed by atoms with Gasteiger partial charge in [0.1, 0.15) is 16.9 Å². The average Bonchev–Trinajstić information content (AvgIpc) is 3.62. The number of aromatic carboxylic acids is 1. The molecule has 2 aliphatic heterocycles. The third-order valence-corrected chi connectivity index (χ3v) is 8.57. The van der Waals surface area contributed by atoms with Gasteiger partial charge in [-0.05, 0) is 24.9 Å². The molecule has 6 heterocycles. The topological polar surface area (TPSA) is 119 Å². The number of rotatable bonds is 4. The molecule has 2 aliphatic rings. The minimum atomic E-state index is -1.33. The molecular weight excluding hydrogens is 532 g/mol. The Morgan fingerprint density at radius 1 is 1.07 bits per heavy atom. The van der Waals surface area contributed by atoms with Crippen molar-refractivity contribution < 1.29 is 18.7 Å². The second kappa shape index (κ2) is 8.96. The average molecular weight is 560 g/mol. The molecule has 0 radical (unpaired) electrons. The largest absolute Gasteiger partial charge is 0.477 e. The number of carbonyl (C=O) groups is 1. The third-order valence-electron chi connectivity index (χ3n) is 8.57. The first-order valence-electron chi connectivity index (χ1n) is 13.3. The van der Waals surface area contributed by atoms with Crippen molar-refractivity contribution in [1.82, 2.24) is 24.4 Å². The number of halogens is 2. The van der Waals surface area contributed by atoms with E-state index in [1.54, 1.807) is 32.6 Å². The Kier molecular flexibility index (Phi) is 5.55. The van der Waals surface area contributed by atoms with Crippen LogP contribution in [0.15, 0.2) is 35.5 Å². The van der Waals surface area contributed by atoms with Crippen molar-refractivity contribution in [3.63, 3.8) is 0 Å². The first kappa shape index (κ1) is 25.4. The van der Waals surface area contributed by atoms with E-state index < -0.39 is 23.0 Å². The van der Waals surface area contributed by atoms with Crippen LogP contribution < -0.4 is 15.6 Å². The van der Waals surface area contributed by atoms with Crippen LogP contribution in [0.25, 0.3) is 44.1 Å². The van der Waals surface area contributed by atoms with Gasteiger partial charge in [0, 0.05) is 76.1 Å². The zero-order valence-electron chi connectivity index (χ0n) is 22.6. The van der Waals surface area contributed by atoms with Crippen LogP contribution >= 0.6 is 0 Å². The van der Waals surface area contributed by atoms with Gasteiger partial charge in [-0.15, -0.1) is 0 Å². The molecule has 2 unspecified atom stereocenters. The number of aromatic amines is 1. The number of hydrogen-bond donors (Lipinski definition) is 3. The number of carboxylic acid groups (broad SMARTS) is 1. The van der Waals surface area contributed by atoms with E-state index in [-0.39, 0.29) is 16.3 Å². The molecule has 41 heavy (non-hydrogen) atoms. The Morgan fingerprint density at radius 3 is 2.49 bits per heavy atom. The molecule has 2 atom stereocenters. The van der Waals surface area contributed by atoms with E-state index in [1.165, 1.54) is 10.8 Å². The van der Waals surface area contributed by atoms with Crippen LogP contribution in [0.5, 0.6) is 0 Å². The Hall–Kier alpha value is -4.58. The molecular formula is C29H27F2N7O3. The van der Waals surface area contributed by atoms with Gasteiger partial charge in [-0.2, -0.15) is 0 Å². The summed E-state index contributed by atoms with van der Waals surface area (Å²) in [6, 6.07) is 2.73. The van der Waals surface area contributed by atoms with Gasteiger partial charge < -0.3 is 29.8 Å². The molecule has 2 saturated heterocycles. The highest BCUT2D eigenvalue weighted by Gasteiger charge is 2.40. The highest BCUT2D eigenvalue weighted by Crippen LogP contribution is 2.46. The monoisotopic (exact) mass is 559 g/mol. The highest BCUT2D eigenvalue weighted by molar-refractivity contribution is 6.18. The van der Waals surface area contributed by atoms with Crippen LogP contribution in [-0.2, 0) is 7.05 Å². The quantitative estimate of drug-likeness (QED) is 0.305. The van der Waals surface area contributed by atoms with Gasteiger partial charge in [0.05, 0.1) is 33.1 Å². The van der Waals surface area contributed by atoms with Crippen LogP contribution in [0, 0.1) is 23.5 Å². The van der Waals surface area contributed by atoms with E-state index >= 15 is 4.39 Å². The number of benzene rings is 1.